The average molecular weight is 141 g/mol. The van der Waals surface area contributed by atoms with Crippen molar-refractivity contribution < 1.29 is 0 Å². The van der Waals surface area contributed by atoms with Gasteiger partial charge in [0, 0.05) is 14.1 Å². The molecule has 1 N–H and O–H groups in total. The molecule has 0 saturated heterocycles. The highest BCUT2D eigenvalue weighted by Crippen LogP contribution is 1.88. The van der Waals surface area contributed by atoms with Gasteiger partial charge in [-0.25, -0.2) is 0 Å². The summed E-state index contributed by atoms with van der Waals surface area (Å²) < 4.78 is 0. The zero-order valence-corrected chi connectivity index (χ0v) is 5.79. The molecule has 0 atom stereocenters. The van der Waals surface area contributed by atoms with Crippen LogP contribution in [0.1, 0.15) is 0 Å². The monoisotopic (exact) mass is 140 g/mol. The topological polar surface area (TPSA) is 15.3 Å². The maximum absolute atomic E-state index is 5.29. The van der Waals surface area contributed by atoms with Gasteiger partial charge in [0.15, 0.2) is 0 Å². The largest absolute Gasteiger partial charge is 0.446 e. The molecule has 5 heteroatoms. The summed E-state index contributed by atoms with van der Waals surface area (Å²) in [4.78, 5) is 0. The van der Waals surface area contributed by atoms with Crippen LogP contribution in [0.5, 0.6) is 0 Å². The summed E-state index contributed by atoms with van der Waals surface area (Å²) in [6.07, 6.45) is 0. The lowest BCUT2D eigenvalue weighted by atomic mass is 10.4. The van der Waals surface area contributed by atoms with Crippen LogP contribution in [0.3, 0.4) is 0 Å². The number of hydrogen-bond donors (Lipinski definition) is 1. The van der Waals surface area contributed by atoms with Gasteiger partial charge in [-0.1, -0.05) is 0 Å². The summed E-state index contributed by atoms with van der Waals surface area (Å²) in [5.74, 6) is 0. The van der Waals surface area contributed by atoms with Crippen LogP contribution in [0.15, 0.2) is 0 Å². The number of rotatable bonds is 2. The van der Waals surface area contributed by atoms with Crippen LogP contribution >= 0.6 is 22.9 Å². The van der Waals surface area contributed by atoms with Crippen LogP contribution in [0, 0.1) is 0 Å². The van der Waals surface area contributed by atoms with Crippen LogP contribution < -0.4 is 5.34 Å². The minimum atomic E-state index is -0.505. The number of nitrogens with zero attached hydrogens (tertiary/aromatic N) is 1. The smallest absolute Gasteiger partial charge is 0.264 e. The molecule has 0 fully saturated rings. The molecule has 0 saturated carbocycles. The molecule has 0 aromatic carbocycles. The standard InChI is InChI=1S/C2H7BCl2N2/c1-7(2)6-3(4)5/h6H,1-2H3. The Morgan fingerprint density at radius 3 is 1.86 bits per heavy atom. The first-order chi connectivity index (χ1) is 3.13. The van der Waals surface area contributed by atoms with Crippen LogP contribution in [0.25, 0.3) is 0 Å². The predicted molar refractivity (Wildman–Crippen MR) is 34.3 cm³/mol. The van der Waals surface area contributed by atoms with Crippen LogP contribution in [-0.4, -0.2) is 24.8 Å². The van der Waals surface area contributed by atoms with E-state index in [-0.39, 0.29) is 0 Å². The van der Waals surface area contributed by atoms with E-state index >= 15 is 0 Å². The predicted octanol–water partition coefficient (Wildman–Crippen LogP) is 0.515. The first-order valence-electron chi connectivity index (χ1n) is 1.84. The molecular formula is C2H7BCl2N2. The van der Waals surface area contributed by atoms with Crippen LogP contribution in [0.4, 0.5) is 0 Å². The molecule has 0 unspecified atom stereocenters. The quantitative estimate of drug-likeness (QED) is 0.445. The molecule has 7 heavy (non-hydrogen) atoms. The van der Waals surface area contributed by atoms with Gasteiger partial charge in [-0.05, 0) is 0 Å². The van der Waals surface area contributed by atoms with Gasteiger partial charge in [0.05, 0.1) is 0 Å². The van der Waals surface area contributed by atoms with E-state index in [0.717, 1.165) is 0 Å². The van der Waals surface area contributed by atoms with E-state index in [2.05, 4.69) is 5.34 Å². The molecule has 0 aromatic rings. The fourth-order valence-corrected chi connectivity index (χ4v) is 0.586. The molecule has 0 amide bonds. The van der Waals surface area contributed by atoms with E-state index in [1.54, 1.807) is 5.01 Å². The first-order valence-corrected chi connectivity index (χ1v) is 2.72. The van der Waals surface area contributed by atoms with Gasteiger partial charge >= 0.3 is 5.68 Å². The van der Waals surface area contributed by atoms with Crippen molar-refractivity contribution in [3.63, 3.8) is 0 Å². The molecule has 0 radical (unpaired) electrons. The maximum Gasteiger partial charge on any atom is 0.446 e. The van der Waals surface area contributed by atoms with Gasteiger partial charge in [-0.3, -0.25) is 10.3 Å². The molecule has 0 aromatic heterocycles. The maximum atomic E-state index is 5.29. The zero-order valence-electron chi connectivity index (χ0n) is 4.28. The fourth-order valence-electron chi connectivity index (χ4n) is 0.195. The van der Waals surface area contributed by atoms with Crippen molar-refractivity contribution in [1.29, 1.82) is 0 Å². The molecule has 42 valence electrons. The molecule has 0 bridgehead atoms. The third-order valence-corrected chi connectivity index (χ3v) is 0.551. The van der Waals surface area contributed by atoms with E-state index in [1.807, 2.05) is 14.1 Å². The second-order valence-corrected chi connectivity index (χ2v) is 2.42. The summed E-state index contributed by atoms with van der Waals surface area (Å²) in [5.41, 5.74) is -0.505. The van der Waals surface area contributed by atoms with E-state index in [4.69, 9.17) is 22.9 Å². The highest BCUT2D eigenvalue weighted by molar-refractivity contribution is 7.32. The summed E-state index contributed by atoms with van der Waals surface area (Å²) in [7, 11) is 3.63. The highest BCUT2D eigenvalue weighted by atomic mass is 35.5. The Morgan fingerprint density at radius 1 is 1.43 bits per heavy atom. The lowest BCUT2D eigenvalue weighted by Crippen LogP contribution is -2.36. The molecule has 2 nitrogen and oxygen atoms in total. The molecular weight excluding hydrogens is 134 g/mol. The number of hydrazine groups is 1. The Kier molecular flexibility index (Phi) is 3.84. The Bertz CT molecular complexity index is 43.0. The number of nitrogens with one attached hydrogen (secondary N) is 1. The van der Waals surface area contributed by atoms with E-state index < -0.39 is 5.68 Å². The van der Waals surface area contributed by atoms with E-state index in [1.165, 1.54) is 0 Å². The third-order valence-electron chi connectivity index (χ3n) is 0.356. The molecule has 0 rings (SSSR count). The lowest BCUT2D eigenvalue weighted by Gasteiger charge is -2.08. The second-order valence-electron chi connectivity index (χ2n) is 1.32. The van der Waals surface area contributed by atoms with E-state index in [9.17, 15) is 0 Å². The van der Waals surface area contributed by atoms with Crippen molar-refractivity contribution in [2.24, 2.45) is 0 Å². The summed E-state index contributed by atoms with van der Waals surface area (Å²) >= 11 is 10.6. The fraction of sp³-hybridized carbons (Fsp3) is 1.00. The second kappa shape index (κ2) is 3.55. The van der Waals surface area contributed by atoms with E-state index in [0.29, 0.717) is 0 Å². The Hall–Kier alpha value is 0.565. The highest BCUT2D eigenvalue weighted by Gasteiger charge is 2.03. The molecule has 0 aliphatic heterocycles. The lowest BCUT2D eigenvalue weighted by molar-refractivity contribution is 0.374. The van der Waals surface area contributed by atoms with Gasteiger partial charge in [-0.2, -0.15) is 0 Å². The number of halogens is 2. The van der Waals surface area contributed by atoms with Gasteiger partial charge in [-0.15, -0.1) is 22.9 Å². The van der Waals surface area contributed by atoms with Gasteiger partial charge in [0.1, 0.15) is 0 Å². The van der Waals surface area contributed by atoms with Gasteiger partial charge in [0.2, 0.25) is 0 Å². The minimum Gasteiger partial charge on any atom is -0.264 e. The zero-order chi connectivity index (χ0) is 5.86. The molecule has 0 aliphatic rings. The average Bonchev–Trinajstić information content (AvgIpc) is 1.27. The van der Waals surface area contributed by atoms with Crippen LogP contribution in [0.2, 0.25) is 0 Å². The Labute approximate surface area is 53.7 Å². The molecule has 0 heterocycles. The SMILES string of the molecule is CN(C)NB(Cl)Cl. The summed E-state index contributed by atoms with van der Waals surface area (Å²) in [6.45, 7) is 0. The Morgan fingerprint density at radius 2 is 1.86 bits per heavy atom. The van der Waals surface area contributed by atoms with Crippen LogP contribution in [-0.2, 0) is 0 Å². The van der Waals surface area contributed by atoms with Gasteiger partial charge in [0.25, 0.3) is 0 Å². The first kappa shape index (κ1) is 7.56. The Balaban J connectivity index is 2.95. The summed E-state index contributed by atoms with van der Waals surface area (Å²) in [6, 6.07) is 0. The third kappa shape index (κ3) is 6.56. The summed E-state index contributed by atoms with van der Waals surface area (Å²) in [5, 5.41) is 4.35. The van der Waals surface area contributed by atoms with Crippen molar-refractivity contribution in [3.8, 4) is 0 Å². The normalized spacial score (nSPS) is 9.86. The van der Waals surface area contributed by atoms with Crippen molar-refractivity contribution in [3.05, 3.63) is 0 Å². The van der Waals surface area contributed by atoms with Crippen molar-refractivity contribution in [2.45, 2.75) is 0 Å². The minimum absolute atomic E-state index is 0.505. The van der Waals surface area contributed by atoms with Crippen molar-refractivity contribution >= 4 is 28.6 Å². The van der Waals surface area contributed by atoms with Crippen molar-refractivity contribution in [2.75, 3.05) is 14.1 Å². The number of hydrogen-bond acceptors (Lipinski definition) is 2. The molecule has 0 spiro atoms. The van der Waals surface area contributed by atoms with Crippen molar-refractivity contribution in [1.82, 2.24) is 10.3 Å². The van der Waals surface area contributed by atoms with Gasteiger partial charge < -0.3 is 0 Å². The molecule has 0 aliphatic carbocycles.